The molecule has 0 fully saturated rings. The molecular weight excluding hydrogens is 332 g/mol. The van der Waals surface area contributed by atoms with Gasteiger partial charge < -0.3 is 9.80 Å². The Hall–Kier alpha value is -2.91. The third-order valence-electron chi connectivity index (χ3n) is 4.51. The molecule has 3 rings (SSSR count). The Kier molecular flexibility index (Phi) is 6.39. The number of nitrogens with one attached hydrogen (secondary N) is 1. The van der Waals surface area contributed by atoms with Crippen molar-refractivity contribution >= 4 is 5.91 Å². The van der Waals surface area contributed by atoms with Gasteiger partial charge in [-0.1, -0.05) is 84.9 Å². The first-order valence-corrected chi connectivity index (χ1v) is 9.37. The molecule has 0 saturated heterocycles. The van der Waals surface area contributed by atoms with Crippen LogP contribution in [0.5, 0.6) is 0 Å². The first-order chi connectivity index (χ1) is 13.1. The summed E-state index contributed by atoms with van der Waals surface area (Å²) in [5.41, 5.74) is 4.70. The summed E-state index contributed by atoms with van der Waals surface area (Å²) in [6, 6.07) is 29.0. The van der Waals surface area contributed by atoms with Gasteiger partial charge in [-0.05, 0) is 22.3 Å². The first-order valence-electron chi connectivity index (χ1n) is 9.37. The molecule has 0 spiro atoms. The molecule has 138 valence electrons. The Morgan fingerprint density at radius 1 is 0.704 bits per heavy atom. The number of quaternary nitrogens is 1. The lowest BCUT2D eigenvalue weighted by Crippen LogP contribution is -3.07. The van der Waals surface area contributed by atoms with Crippen molar-refractivity contribution in [2.75, 3.05) is 20.6 Å². The van der Waals surface area contributed by atoms with Gasteiger partial charge in [0.1, 0.15) is 0 Å². The van der Waals surface area contributed by atoms with Crippen molar-refractivity contribution < 1.29 is 9.69 Å². The summed E-state index contributed by atoms with van der Waals surface area (Å²) in [6.45, 7) is 1.75. The summed E-state index contributed by atoms with van der Waals surface area (Å²) >= 11 is 0. The van der Waals surface area contributed by atoms with Gasteiger partial charge >= 0.3 is 0 Å². The van der Waals surface area contributed by atoms with E-state index in [2.05, 4.69) is 48.5 Å². The number of likely N-dealkylation sites (N-methyl/N-ethyl adjacent to an activating group) is 1. The van der Waals surface area contributed by atoms with Crippen LogP contribution in [-0.4, -0.2) is 31.4 Å². The topological polar surface area (TPSA) is 24.8 Å². The third kappa shape index (κ3) is 5.53. The van der Waals surface area contributed by atoms with Gasteiger partial charge in [0, 0.05) is 13.1 Å². The van der Waals surface area contributed by atoms with Crippen LogP contribution in [0, 0.1) is 0 Å². The Morgan fingerprint density at radius 3 is 1.74 bits per heavy atom. The summed E-state index contributed by atoms with van der Waals surface area (Å²) in [6.07, 6.45) is 0. The minimum absolute atomic E-state index is 0.172. The van der Waals surface area contributed by atoms with Gasteiger partial charge in [-0.3, -0.25) is 4.79 Å². The minimum Gasteiger partial charge on any atom is -0.332 e. The van der Waals surface area contributed by atoms with Gasteiger partial charge in [-0.25, -0.2) is 0 Å². The number of amides is 1. The fraction of sp³-hybridized carbons (Fsp3) is 0.208. The van der Waals surface area contributed by atoms with E-state index in [4.69, 9.17) is 0 Å². The molecule has 0 aliphatic carbocycles. The molecule has 3 aromatic carbocycles. The Bertz CT molecular complexity index is 843. The van der Waals surface area contributed by atoms with E-state index in [1.54, 1.807) is 0 Å². The molecule has 0 saturated carbocycles. The molecule has 1 N–H and O–H groups in total. The Balaban J connectivity index is 1.75. The molecule has 3 nitrogen and oxygen atoms in total. The fourth-order valence-electron chi connectivity index (χ4n) is 3.10. The maximum Gasteiger partial charge on any atom is 0.278 e. The second-order valence-corrected chi connectivity index (χ2v) is 7.18. The maximum atomic E-state index is 12.8. The monoisotopic (exact) mass is 359 g/mol. The minimum atomic E-state index is 0.172. The number of hydrogen-bond acceptors (Lipinski definition) is 1. The zero-order valence-corrected chi connectivity index (χ0v) is 16.1. The Labute approximate surface area is 161 Å². The summed E-state index contributed by atoms with van der Waals surface area (Å²) in [4.78, 5) is 15.8. The lowest BCUT2D eigenvalue weighted by molar-refractivity contribution is -0.849. The maximum absolute atomic E-state index is 12.8. The molecule has 0 aliphatic rings. The van der Waals surface area contributed by atoms with Crippen molar-refractivity contribution in [2.24, 2.45) is 0 Å². The first kappa shape index (κ1) is 18.9. The fourth-order valence-corrected chi connectivity index (χ4v) is 3.10. The second kappa shape index (κ2) is 9.15. The average molecular weight is 359 g/mol. The molecule has 27 heavy (non-hydrogen) atoms. The van der Waals surface area contributed by atoms with Crippen molar-refractivity contribution in [3.63, 3.8) is 0 Å². The van der Waals surface area contributed by atoms with Gasteiger partial charge in [-0.15, -0.1) is 0 Å². The molecule has 0 atom stereocenters. The largest absolute Gasteiger partial charge is 0.332 e. The van der Waals surface area contributed by atoms with Crippen molar-refractivity contribution in [3.05, 3.63) is 96.1 Å². The predicted octanol–water partition coefficient (Wildman–Crippen LogP) is 3.03. The second-order valence-electron chi connectivity index (χ2n) is 7.18. The standard InChI is InChI=1S/C24H26N2O/c1-25(2)19-24(27)26(17-20-9-5-3-6-10-20)18-21-13-15-23(16-14-21)22-11-7-4-8-12-22/h3-16H,17-19H2,1-2H3/p+1. The number of benzene rings is 3. The molecule has 0 aromatic heterocycles. The number of carbonyl (C=O) groups is 1. The third-order valence-corrected chi connectivity index (χ3v) is 4.51. The highest BCUT2D eigenvalue weighted by molar-refractivity contribution is 5.77. The average Bonchev–Trinajstić information content (AvgIpc) is 2.69. The van der Waals surface area contributed by atoms with E-state index < -0.39 is 0 Å². The van der Waals surface area contributed by atoms with Crippen molar-refractivity contribution in [2.45, 2.75) is 13.1 Å². The number of rotatable bonds is 7. The number of carbonyl (C=O) groups excluding carboxylic acids is 1. The van der Waals surface area contributed by atoms with Crippen molar-refractivity contribution in [1.29, 1.82) is 0 Å². The molecule has 3 heteroatoms. The van der Waals surface area contributed by atoms with Crippen LogP contribution in [0.3, 0.4) is 0 Å². The summed E-state index contributed by atoms with van der Waals surface area (Å²) in [5, 5.41) is 0. The number of nitrogens with zero attached hydrogens (tertiary/aromatic N) is 1. The van der Waals surface area contributed by atoms with Gasteiger partial charge in [0.15, 0.2) is 6.54 Å². The summed E-state index contributed by atoms with van der Waals surface area (Å²) in [5.74, 6) is 0.172. The van der Waals surface area contributed by atoms with Crippen LogP contribution in [0.1, 0.15) is 11.1 Å². The van der Waals surface area contributed by atoms with E-state index in [-0.39, 0.29) is 5.91 Å². The van der Waals surface area contributed by atoms with E-state index in [9.17, 15) is 4.79 Å². The van der Waals surface area contributed by atoms with E-state index in [1.165, 1.54) is 11.1 Å². The lowest BCUT2D eigenvalue weighted by Gasteiger charge is -2.23. The molecule has 0 heterocycles. The summed E-state index contributed by atoms with van der Waals surface area (Å²) < 4.78 is 0. The molecular formula is C24H27N2O+. The lowest BCUT2D eigenvalue weighted by atomic mass is 10.0. The van der Waals surface area contributed by atoms with Crippen molar-refractivity contribution in [3.8, 4) is 11.1 Å². The van der Waals surface area contributed by atoms with Crippen LogP contribution < -0.4 is 4.90 Å². The molecule has 3 aromatic rings. The number of hydrogen-bond donors (Lipinski definition) is 1. The van der Waals surface area contributed by atoms with Crippen molar-refractivity contribution in [1.82, 2.24) is 4.90 Å². The van der Waals surface area contributed by atoms with Gasteiger partial charge in [-0.2, -0.15) is 0 Å². The highest BCUT2D eigenvalue weighted by Gasteiger charge is 2.17. The molecule has 0 bridgehead atoms. The predicted molar refractivity (Wildman–Crippen MR) is 110 cm³/mol. The molecule has 0 radical (unpaired) electrons. The SMILES string of the molecule is C[NH+](C)CC(=O)N(Cc1ccccc1)Cc1ccc(-c2ccccc2)cc1. The van der Waals surface area contributed by atoms with Crippen LogP contribution in [0.15, 0.2) is 84.9 Å². The normalized spacial score (nSPS) is 10.8. The van der Waals surface area contributed by atoms with E-state index in [0.717, 1.165) is 16.0 Å². The van der Waals surface area contributed by atoms with Gasteiger partial charge in [0.2, 0.25) is 0 Å². The molecule has 1 amide bonds. The zero-order valence-electron chi connectivity index (χ0n) is 16.1. The van der Waals surface area contributed by atoms with Gasteiger partial charge in [0.25, 0.3) is 5.91 Å². The zero-order chi connectivity index (χ0) is 19.1. The van der Waals surface area contributed by atoms with E-state index in [1.807, 2.05) is 55.4 Å². The summed E-state index contributed by atoms with van der Waals surface area (Å²) in [7, 11) is 4.01. The van der Waals surface area contributed by atoms with E-state index >= 15 is 0 Å². The Morgan fingerprint density at radius 2 is 1.19 bits per heavy atom. The highest BCUT2D eigenvalue weighted by Crippen LogP contribution is 2.20. The van der Waals surface area contributed by atoms with E-state index in [0.29, 0.717) is 19.6 Å². The smallest absolute Gasteiger partial charge is 0.278 e. The van der Waals surface area contributed by atoms with Gasteiger partial charge in [0.05, 0.1) is 14.1 Å². The highest BCUT2D eigenvalue weighted by atomic mass is 16.2. The van der Waals surface area contributed by atoms with Crippen LogP contribution in [0.4, 0.5) is 0 Å². The van der Waals surface area contributed by atoms with Crippen LogP contribution >= 0.6 is 0 Å². The quantitative estimate of drug-likeness (QED) is 0.689. The molecule has 0 aliphatic heterocycles. The molecule has 0 unspecified atom stereocenters. The van der Waals surface area contributed by atoms with Crippen LogP contribution in [-0.2, 0) is 17.9 Å². The van der Waals surface area contributed by atoms with Crippen LogP contribution in [0.25, 0.3) is 11.1 Å². The van der Waals surface area contributed by atoms with Crippen LogP contribution in [0.2, 0.25) is 0 Å².